The van der Waals surface area contributed by atoms with Gasteiger partial charge in [0.15, 0.2) is 10.4 Å². The van der Waals surface area contributed by atoms with Crippen molar-refractivity contribution in [1.82, 2.24) is 28.9 Å². The molecule has 0 atom stereocenters. The van der Waals surface area contributed by atoms with Gasteiger partial charge in [-0.1, -0.05) is 6.92 Å². The summed E-state index contributed by atoms with van der Waals surface area (Å²) in [6, 6.07) is 0. The standard InChI is InChI=1S/C14H20N6S/c1-3-11-12-13(18(2)17-11)20(14(21)16-12)8-5-4-7-19-9-6-15-10-19/h6,9-10H,3-5,7-8H2,1-2H3,(H,16,21). The Morgan fingerprint density at radius 3 is 2.81 bits per heavy atom. The molecule has 0 aromatic carbocycles. The maximum Gasteiger partial charge on any atom is 0.179 e. The molecule has 0 bridgehead atoms. The summed E-state index contributed by atoms with van der Waals surface area (Å²) in [6.07, 6.45) is 8.75. The molecule has 0 spiro atoms. The van der Waals surface area contributed by atoms with Gasteiger partial charge in [0.25, 0.3) is 0 Å². The first-order chi connectivity index (χ1) is 10.2. The van der Waals surface area contributed by atoms with E-state index in [1.165, 1.54) is 0 Å². The van der Waals surface area contributed by atoms with Crippen molar-refractivity contribution in [3.8, 4) is 0 Å². The van der Waals surface area contributed by atoms with Crippen LogP contribution in [0.2, 0.25) is 0 Å². The number of hydrogen-bond acceptors (Lipinski definition) is 3. The van der Waals surface area contributed by atoms with Gasteiger partial charge < -0.3 is 14.1 Å². The second kappa shape index (κ2) is 5.85. The van der Waals surface area contributed by atoms with E-state index >= 15 is 0 Å². The Balaban J connectivity index is 1.73. The third-order valence-electron chi connectivity index (χ3n) is 3.76. The Hall–Kier alpha value is -1.89. The van der Waals surface area contributed by atoms with Crippen LogP contribution in [-0.2, 0) is 26.6 Å². The van der Waals surface area contributed by atoms with E-state index in [1.807, 2.05) is 30.5 Å². The zero-order valence-electron chi connectivity index (χ0n) is 12.4. The maximum atomic E-state index is 5.45. The predicted molar refractivity (Wildman–Crippen MR) is 84.7 cm³/mol. The van der Waals surface area contributed by atoms with E-state index in [0.717, 1.165) is 54.0 Å². The van der Waals surface area contributed by atoms with E-state index in [4.69, 9.17) is 12.2 Å². The number of aryl methyl sites for hydroxylation is 4. The Morgan fingerprint density at radius 1 is 1.29 bits per heavy atom. The molecule has 3 aromatic rings. The average Bonchev–Trinajstić information content (AvgIpc) is 3.15. The first-order valence-electron chi connectivity index (χ1n) is 7.31. The highest BCUT2D eigenvalue weighted by molar-refractivity contribution is 7.71. The number of imidazole rings is 2. The van der Waals surface area contributed by atoms with Gasteiger partial charge in [-0.15, -0.1) is 0 Å². The minimum Gasteiger partial charge on any atom is -0.337 e. The summed E-state index contributed by atoms with van der Waals surface area (Å²) in [7, 11) is 1.98. The van der Waals surface area contributed by atoms with Crippen molar-refractivity contribution in [2.45, 2.75) is 39.3 Å². The Kier molecular flexibility index (Phi) is 3.92. The molecule has 0 fully saturated rings. The van der Waals surface area contributed by atoms with Crippen molar-refractivity contribution in [3.05, 3.63) is 29.2 Å². The molecule has 0 radical (unpaired) electrons. The second-order valence-electron chi connectivity index (χ2n) is 5.21. The van der Waals surface area contributed by atoms with E-state index in [1.54, 1.807) is 0 Å². The largest absolute Gasteiger partial charge is 0.337 e. The first-order valence-corrected chi connectivity index (χ1v) is 7.71. The number of fused-ring (bicyclic) bond motifs is 1. The fraction of sp³-hybridized carbons (Fsp3) is 0.500. The molecular formula is C14H20N6S. The summed E-state index contributed by atoms with van der Waals surface area (Å²) < 4.78 is 6.97. The quantitative estimate of drug-likeness (QED) is 0.562. The first kappa shape index (κ1) is 14.1. The van der Waals surface area contributed by atoms with Crippen LogP contribution in [0.1, 0.15) is 25.5 Å². The van der Waals surface area contributed by atoms with Crippen LogP contribution in [-0.4, -0.2) is 28.9 Å². The van der Waals surface area contributed by atoms with E-state index in [0.29, 0.717) is 0 Å². The van der Waals surface area contributed by atoms with Crippen LogP contribution in [0.4, 0.5) is 0 Å². The van der Waals surface area contributed by atoms with Crippen LogP contribution < -0.4 is 0 Å². The highest BCUT2D eigenvalue weighted by Gasteiger charge is 2.13. The van der Waals surface area contributed by atoms with Crippen molar-refractivity contribution in [3.63, 3.8) is 0 Å². The monoisotopic (exact) mass is 304 g/mol. The molecule has 0 aliphatic heterocycles. The zero-order chi connectivity index (χ0) is 14.8. The summed E-state index contributed by atoms with van der Waals surface area (Å²) in [5, 5.41) is 4.54. The van der Waals surface area contributed by atoms with Crippen molar-refractivity contribution in [2.24, 2.45) is 7.05 Å². The topological polar surface area (TPSA) is 56.4 Å². The number of H-pyrrole nitrogens is 1. The van der Waals surface area contributed by atoms with Gasteiger partial charge in [0.1, 0.15) is 5.52 Å². The molecule has 0 saturated carbocycles. The lowest BCUT2D eigenvalue weighted by atomic mass is 10.3. The van der Waals surface area contributed by atoms with Gasteiger partial charge in [-0.3, -0.25) is 4.68 Å². The van der Waals surface area contributed by atoms with Gasteiger partial charge in [0.2, 0.25) is 0 Å². The summed E-state index contributed by atoms with van der Waals surface area (Å²) in [4.78, 5) is 7.36. The van der Waals surface area contributed by atoms with Gasteiger partial charge in [0.05, 0.1) is 12.0 Å². The number of aromatic amines is 1. The lowest BCUT2D eigenvalue weighted by Crippen LogP contribution is -2.04. The van der Waals surface area contributed by atoms with Crippen LogP contribution in [0.15, 0.2) is 18.7 Å². The number of nitrogens with one attached hydrogen (secondary N) is 1. The molecule has 7 heteroatoms. The van der Waals surface area contributed by atoms with Crippen molar-refractivity contribution in [2.75, 3.05) is 0 Å². The summed E-state index contributed by atoms with van der Waals surface area (Å²) in [5.74, 6) is 0. The number of hydrogen-bond donors (Lipinski definition) is 1. The van der Waals surface area contributed by atoms with Gasteiger partial charge in [-0.05, 0) is 31.5 Å². The molecule has 21 heavy (non-hydrogen) atoms. The molecule has 3 heterocycles. The minimum atomic E-state index is 0.787. The van der Waals surface area contributed by atoms with E-state index in [9.17, 15) is 0 Å². The Bertz CT molecular complexity index is 776. The smallest absolute Gasteiger partial charge is 0.179 e. The molecule has 0 aliphatic carbocycles. The van der Waals surface area contributed by atoms with Crippen molar-refractivity contribution < 1.29 is 0 Å². The number of rotatable bonds is 6. The minimum absolute atomic E-state index is 0.787. The van der Waals surface area contributed by atoms with Crippen LogP contribution in [0.25, 0.3) is 11.2 Å². The number of nitrogens with zero attached hydrogens (tertiary/aromatic N) is 5. The Morgan fingerprint density at radius 2 is 2.10 bits per heavy atom. The SMILES string of the molecule is CCc1nn(C)c2c1[nH]c(=S)n2CCCCn1ccnc1. The molecule has 3 aromatic heterocycles. The van der Waals surface area contributed by atoms with Crippen LogP contribution in [0, 0.1) is 4.77 Å². The summed E-state index contributed by atoms with van der Waals surface area (Å²) >= 11 is 5.45. The van der Waals surface area contributed by atoms with Gasteiger partial charge >= 0.3 is 0 Å². The normalized spacial score (nSPS) is 11.5. The van der Waals surface area contributed by atoms with E-state index in [2.05, 4.69) is 31.1 Å². The third-order valence-corrected chi connectivity index (χ3v) is 4.09. The van der Waals surface area contributed by atoms with Gasteiger partial charge in [0, 0.05) is 32.5 Å². The van der Waals surface area contributed by atoms with Crippen molar-refractivity contribution >= 4 is 23.4 Å². The molecular weight excluding hydrogens is 284 g/mol. The molecule has 1 N–H and O–H groups in total. The van der Waals surface area contributed by atoms with Crippen molar-refractivity contribution in [1.29, 1.82) is 0 Å². The van der Waals surface area contributed by atoms with Crippen LogP contribution in [0.5, 0.6) is 0 Å². The lowest BCUT2D eigenvalue weighted by molar-refractivity contribution is 0.549. The van der Waals surface area contributed by atoms with E-state index in [-0.39, 0.29) is 0 Å². The second-order valence-corrected chi connectivity index (χ2v) is 5.60. The lowest BCUT2D eigenvalue weighted by Gasteiger charge is -2.05. The highest BCUT2D eigenvalue weighted by atomic mass is 32.1. The predicted octanol–water partition coefficient (Wildman–Crippen LogP) is 2.67. The Labute approximate surface area is 128 Å². The zero-order valence-corrected chi connectivity index (χ0v) is 13.2. The van der Waals surface area contributed by atoms with Crippen LogP contribution in [0.3, 0.4) is 0 Å². The van der Waals surface area contributed by atoms with E-state index < -0.39 is 0 Å². The number of aromatic nitrogens is 6. The molecule has 0 unspecified atom stereocenters. The average molecular weight is 304 g/mol. The summed E-state index contributed by atoms with van der Waals surface area (Å²) in [6.45, 7) is 4.02. The van der Waals surface area contributed by atoms with Crippen LogP contribution >= 0.6 is 12.2 Å². The molecule has 6 nitrogen and oxygen atoms in total. The molecule has 0 aliphatic rings. The highest BCUT2D eigenvalue weighted by Crippen LogP contribution is 2.18. The third kappa shape index (κ3) is 2.65. The molecule has 3 rings (SSSR count). The molecule has 0 amide bonds. The molecule has 0 saturated heterocycles. The molecule has 112 valence electrons. The van der Waals surface area contributed by atoms with Gasteiger partial charge in [-0.25, -0.2) is 4.98 Å². The number of unbranched alkanes of at least 4 members (excludes halogenated alkanes) is 1. The van der Waals surface area contributed by atoms with Gasteiger partial charge in [-0.2, -0.15) is 5.10 Å². The fourth-order valence-corrected chi connectivity index (χ4v) is 3.00. The fourth-order valence-electron chi connectivity index (χ4n) is 2.72. The maximum absolute atomic E-state index is 5.45. The summed E-state index contributed by atoms with van der Waals surface area (Å²) in [5.41, 5.74) is 3.26.